The van der Waals surface area contributed by atoms with Crippen molar-refractivity contribution in [2.75, 3.05) is 0 Å². The predicted molar refractivity (Wildman–Crippen MR) is 28.1 cm³/mol. The molecule has 0 aromatic carbocycles. The van der Waals surface area contributed by atoms with Crippen molar-refractivity contribution < 1.29 is 30.0 Å². The van der Waals surface area contributed by atoms with Crippen molar-refractivity contribution in [3.05, 3.63) is 0 Å². The smallest absolute Gasteiger partial charge is 0.652 e. The Morgan fingerprint density at radius 2 is 0.636 bits per heavy atom. The first kappa shape index (κ1) is 29.2. The molecule has 0 unspecified atom stereocenters. The van der Waals surface area contributed by atoms with Crippen LogP contribution in [0.5, 0.6) is 0 Å². The average Bonchev–Trinajstić information content (AvgIpc) is 1.25. The summed E-state index contributed by atoms with van der Waals surface area (Å²) in [6.45, 7) is 0. The molecule has 0 saturated carbocycles. The van der Waals surface area contributed by atoms with Gasteiger partial charge in [-0.25, -0.2) is 0 Å². The molecule has 0 radical (unpaired) electrons. The van der Waals surface area contributed by atoms with Crippen LogP contribution in [0.1, 0.15) is 0 Å². The molecule has 0 rings (SSSR count). The van der Waals surface area contributed by atoms with Gasteiger partial charge >= 0.3 is 113 Å². The number of carboxylic acid groups (broad SMARTS) is 4. The standard InChI is InChI=1S/2CH2O3.3Ca/c2*2-1(3)4;;;/h2*(H2,2,3,4);;;/q;;3*+2/p-4. The first-order valence-electron chi connectivity index (χ1n) is 1.22. The van der Waals surface area contributed by atoms with Crippen LogP contribution in [0.25, 0.3) is 0 Å². The second-order valence-corrected chi connectivity index (χ2v) is 0.500. The fourth-order valence-corrected chi connectivity index (χ4v) is 0. The topological polar surface area (TPSA) is 126 Å². The summed E-state index contributed by atoms with van der Waals surface area (Å²) >= 11 is 0. The van der Waals surface area contributed by atoms with E-state index in [0.717, 1.165) is 0 Å². The number of rotatable bonds is 0. The number of hydrogen-bond donors (Lipinski definition) is 0. The van der Waals surface area contributed by atoms with Crippen molar-refractivity contribution >= 4 is 126 Å². The molecular formula is C2Ca3O6+2. The van der Waals surface area contributed by atoms with Crippen LogP contribution in [0.2, 0.25) is 0 Å². The van der Waals surface area contributed by atoms with E-state index >= 15 is 0 Å². The molecule has 0 aliphatic heterocycles. The molecule has 0 bridgehead atoms. The van der Waals surface area contributed by atoms with Gasteiger partial charge in [0.2, 0.25) is 0 Å². The third-order valence-corrected chi connectivity index (χ3v) is 0. The third kappa shape index (κ3) is 244. The Morgan fingerprint density at radius 1 is 0.636 bits per heavy atom. The SMILES string of the molecule is O=C([O-])[O-].O=C([O-])[O-].[Ca+2].[Ca+2].[Ca+2]. The van der Waals surface area contributed by atoms with E-state index in [-0.39, 0.29) is 113 Å². The van der Waals surface area contributed by atoms with Crippen LogP contribution in [-0.4, -0.2) is 126 Å². The van der Waals surface area contributed by atoms with Crippen LogP contribution in [0.4, 0.5) is 9.59 Å². The van der Waals surface area contributed by atoms with Gasteiger partial charge in [0, 0.05) is 0 Å². The van der Waals surface area contributed by atoms with Crippen LogP contribution < -0.4 is 20.4 Å². The molecule has 0 spiro atoms. The van der Waals surface area contributed by atoms with Crippen LogP contribution in [0, 0.1) is 0 Å². The Bertz CT molecular complexity index is 73.8. The van der Waals surface area contributed by atoms with Gasteiger partial charge in [0.05, 0.1) is 0 Å². The zero-order valence-electron chi connectivity index (χ0n) is 5.57. The molecule has 11 heavy (non-hydrogen) atoms. The Kier molecular flexibility index (Phi) is 60.6. The summed E-state index contributed by atoms with van der Waals surface area (Å²) in [4.78, 5) is 16.7. The van der Waals surface area contributed by atoms with Crippen LogP contribution in [0.15, 0.2) is 0 Å². The zero-order valence-corrected chi connectivity index (χ0v) is 12.2. The van der Waals surface area contributed by atoms with Gasteiger partial charge < -0.3 is 30.0 Å². The summed E-state index contributed by atoms with van der Waals surface area (Å²) in [6.07, 6.45) is -4.67. The molecule has 48 valence electrons. The Balaban J connectivity index is -0.0000000171. The summed E-state index contributed by atoms with van der Waals surface area (Å²) in [5, 5.41) is 33.3. The van der Waals surface area contributed by atoms with Crippen molar-refractivity contribution in [1.29, 1.82) is 0 Å². The minimum Gasteiger partial charge on any atom is -0.652 e. The van der Waals surface area contributed by atoms with Gasteiger partial charge in [-0.15, -0.1) is 0 Å². The van der Waals surface area contributed by atoms with Gasteiger partial charge in [-0.05, 0) is 12.3 Å². The van der Waals surface area contributed by atoms with E-state index < -0.39 is 12.3 Å². The van der Waals surface area contributed by atoms with Gasteiger partial charge in [0.15, 0.2) is 0 Å². The first-order chi connectivity index (χ1) is 3.46. The minimum atomic E-state index is -2.33. The van der Waals surface area contributed by atoms with Crippen molar-refractivity contribution in [3.8, 4) is 0 Å². The van der Waals surface area contributed by atoms with E-state index in [9.17, 15) is 0 Å². The molecule has 0 aromatic rings. The molecule has 0 aliphatic carbocycles. The van der Waals surface area contributed by atoms with Crippen molar-refractivity contribution in [1.82, 2.24) is 0 Å². The normalized spacial score (nSPS) is 4.36. The molecule has 0 amide bonds. The van der Waals surface area contributed by atoms with E-state index in [1.54, 1.807) is 0 Å². The van der Waals surface area contributed by atoms with Gasteiger partial charge in [0.1, 0.15) is 0 Å². The molecule has 0 atom stereocenters. The second-order valence-electron chi connectivity index (χ2n) is 0.500. The number of carbonyl (C=O) groups is 2. The fourth-order valence-electron chi connectivity index (χ4n) is 0. The molecule has 0 saturated heterocycles. The van der Waals surface area contributed by atoms with Crippen molar-refractivity contribution in [2.24, 2.45) is 0 Å². The summed E-state index contributed by atoms with van der Waals surface area (Å²) in [7, 11) is 0. The Morgan fingerprint density at radius 3 is 0.636 bits per heavy atom. The maximum Gasteiger partial charge on any atom is 2.00 e. The van der Waals surface area contributed by atoms with E-state index in [1.165, 1.54) is 0 Å². The van der Waals surface area contributed by atoms with Crippen LogP contribution in [-0.2, 0) is 0 Å². The Labute approximate surface area is 152 Å². The van der Waals surface area contributed by atoms with E-state index in [4.69, 9.17) is 30.0 Å². The summed E-state index contributed by atoms with van der Waals surface area (Å²) in [5.74, 6) is 0. The molecule has 6 nitrogen and oxygen atoms in total. The maximum atomic E-state index is 8.33. The van der Waals surface area contributed by atoms with E-state index in [1.807, 2.05) is 0 Å². The van der Waals surface area contributed by atoms with Crippen LogP contribution >= 0.6 is 0 Å². The molecule has 0 N–H and O–H groups in total. The first-order valence-corrected chi connectivity index (χ1v) is 1.22. The minimum absolute atomic E-state index is 0. The van der Waals surface area contributed by atoms with Gasteiger partial charge in [-0.2, -0.15) is 0 Å². The summed E-state index contributed by atoms with van der Waals surface area (Å²) < 4.78 is 0. The molecule has 9 heteroatoms. The summed E-state index contributed by atoms with van der Waals surface area (Å²) in [5.41, 5.74) is 0. The molecule has 0 aliphatic rings. The molecular weight excluding hydrogens is 240 g/mol. The molecule has 0 aromatic heterocycles. The van der Waals surface area contributed by atoms with Crippen molar-refractivity contribution in [2.45, 2.75) is 0 Å². The summed E-state index contributed by atoms with van der Waals surface area (Å²) in [6, 6.07) is 0. The Hall–Kier alpha value is 2.32. The quantitative estimate of drug-likeness (QED) is 0.388. The van der Waals surface area contributed by atoms with E-state index in [2.05, 4.69) is 0 Å². The zero-order chi connectivity index (χ0) is 7.15. The average molecular weight is 240 g/mol. The number of carbonyl (C=O) groups excluding carboxylic acids is 2. The van der Waals surface area contributed by atoms with Gasteiger partial charge in [0.25, 0.3) is 0 Å². The third-order valence-electron chi connectivity index (χ3n) is 0. The van der Waals surface area contributed by atoms with Crippen LogP contribution in [0.3, 0.4) is 0 Å². The molecule has 0 heterocycles. The number of hydrogen-bond acceptors (Lipinski definition) is 6. The van der Waals surface area contributed by atoms with Crippen molar-refractivity contribution in [3.63, 3.8) is 0 Å². The fraction of sp³-hybridized carbons (Fsp3) is 0. The maximum absolute atomic E-state index is 8.33. The molecule has 0 fully saturated rings. The largest absolute Gasteiger partial charge is 2.00 e. The van der Waals surface area contributed by atoms with Gasteiger partial charge in [-0.1, -0.05) is 0 Å². The second kappa shape index (κ2) is 22.8. The van der Waals surface area contributed by atoms with E-state index in [0.29, 0.717) is 0 Å². The van der Waals surface area contributed by atoms with Gasteiger partial charge in [-0.3, -0.25) is 0 Å². The monoisotopic (exact) mass is 240 g/mol. The predicted octanol–water partition coefficient (Wildman–Crippen LogP) is -6.04.